The summed E-state index contributed by atoms with van der Waals surface area (Å²) in [4.78, 5) is 0. The van der Waals surface area contributed by atoms with Crippen molar-refractivity contribution in [1.29, 1.82) is 0 Å². The fourth-order valence-corrected chi connectivity index (χ4v) is 1.34. The smallest absolute Gasteiger partial charge is 0.0614 e. The van der Waals surface area contributed by atoms with Gasteiger partial charge in [-0.15, -0.1) is 0 Å². The number of hydrogen-bond donors (Lipinski definition) is 2. The van der Waals surface area contributed by atoms with E-state index in [2.05, 4.69) is 0 Å². The Kier molecular flexibility index (Phi) is 4.04. The summed E-state index contributed by atoms with van der Waals surface area (Å²) >= 11 is 0. The molecule has 0 spiro atoms. The summed E-state index contributed by atoms with van der Waals surface area (Å²) in [6.45, 7) is 8.09. The van der Waals surface area contributed by atoms with Crippen LogP contribution < -0.4 is 0 Å². The lowest BCUT2D eigenvalue weighted by atomic mass is 9.78. The Morgan fingerprint density at radius 2 is 1.73 bits per heavy atom. The van der Waals surface area contributed by atoms with Gasteiger partial charge in [0, 0.05) is 6.61 Å². The molecule has 0 radical (unpaired) electrons. The van der Waals surface area contributed by atoms with Gasteiger partial charge in [-0.25, -0.2) is 0 Å². The highest BCUT2D eigenvalue weighted by Crippen LogP contribution is 2.29. The van der Waals surface area contributed by atoms with Crippen molar-refractivity contribution in [3.63, 3.8) is 0 Å². The fraction of sp³-hybridized carbons (Fsp3) is 1.00. The molecule has 1 unspecified atom stereocenters. The van der Waals surface area contributed by atoms with E-state index in [0.717, 1.165) is 0 Å². The van der Waals surface area contributed by atoms with Crippen LogP contribution in [0, 0.1) is 11.3 Å². The number of aliphatic hydroxyl groups is 2. The van der Waals surface area contributed by atoms with Gasteiger partial charge in [0.2, 0.25) is 0 Å². The van der Waals surface area contributed by atoms with Crippen molar-refractivity contribution in [2.75, 3.05) is 6.61 Å². The first kappa shape index (κ1) is 10.9. The van der Waals surface area contributed by atoms with Crippen molar-refractivity contribution in [2.24, 2.45) is 11.3 Å². The van der Waals surface area contributed by atoms with Crippen molar-refractivity contribution in [3.05, 3.63) is 0 Å². The first-order valence-electron chi connectivity index (χ1n) is 4.20. The summed E-state index contributed by atoms with van der Waals surface area (Å²) in [5.74, 6) is 0.261. The third-order valence-electron chi connectivity index (χ3n) is 2.19. The van der Waals surface area contributed by atoms with Crippen molar-refractivity contribution >= 4 is 0 Å². The summed E-state index contributed by atoms with van der Waals surface area (Å²) in [6, 6.07) is 0. The summed E-state index contributed by atoms with van der Waals surface area (Å²) < 4.78 is 0. The molecule has 0 aromatic rings. The second-order valence-electron chi connectivity index (χ2n) is 4.15. The minimum Gasteiger partial charge on any atom is -0.396 e. The molecule has 0 fully saturated rings. The number of rotatable bonds is 4. The minimum absolute atomic E-state index is 0.150. The fourth-order valence-electron chi connectivity index (χ4n) is 1.34. The van der Waals surface area contributed by atoms with Gasteiger partial charge in [0.15, 0.2) is 0 Å². The molecule has 0 rings (SSSR count). The SMILES string of the molecule is CC(C)C(O)C(C)(C)CCO. The predicted molar refractivity (Wildman–Crippen MR) is 46.3 cm³/mol. The molecule has 0 aromatic carbocycles. The molecule has 0 aromatic heterocycles. The van der Waals surface area contributed by atoms with E-state index in [1.807, 2.05) is 27.7 Å². The maximum absolute atomic E-state index is 9.67. The average Bonchev–Trinajstić information content (AvgIpc) is 1.86. The summed E-state index contributed by atoms with van der Waals surface area (Å²) in [6.07, 6.45) is 0.335. The van der Waals surface area contributed by atoms with Gasteiger partial charge in [0.25, 0.3) is 0 Å². The topological polar surface area (TPSA) is 40.5 Å². The highest BCUT2D eigenvalue weighted by Gasteiger charge is 2.29. The van der Waals surface area contributed by atoms with Crippen molar-refractivity contribution in [3.8, 4) is 0 Å². The van der Waals surface area contributed by atoms with Gasteiger partial charge in [-0.2, -0.15) is 0 Å². The van der Waals surface area contributed by atoms with Crippen LogP contribution in [0.1, 0.15) is 34.1 Å². The second-order valence-corrected chi connectivity index (χ2v) is 4.15. The molecule has 0 saturated carbocycles. The second kappa shape index (κ2) is 4.07. The molecular weight excluding hydrogens is 140 g/mol. The molecule has 0 aliphatic heterocycles. The zero-order chi connectivity index (χ0) is 9.07. The molecule has 0 aliphatic rings. The van der Waals surface area contributed by atoms with Gasteiger partial charge in [-0.3, -0.25) is 0 Å². The Balaban J connectivity index is 4.05. The van der Waals surface area contributed by atoms with Crippen LogP contribution in [0.25, 0.3) is 0 Å². The van der Waals surface area contributed by atoms with Gasteiger partial charge >= 0.3 is 0 Å². The van der Waals surface area contributed by atoms with Crippen molar-refractivity contribution in [2.45, 2.75) is 40.2 Å². The predicted octanol–water partition coefficient (Wildman–Crippen LogP) is 1.41. The molecule has 2 nitrogen and oxygen atoms in total. The normalized spacial score (nSPS) is 15.5. The van der Waals surface area contributed by atoms with Gasteiger partial charge in [0.05, 0.1) is 6.10 Å². The summed E-state index contributed by atoms with van der Waals surface area (Å²) in [7, 11) is 0. The van der Waals surface area contributed by atoms with Crippen LogP contribution in [0.2, 0.25) is 0 Å². The molecule has 0 amide bonds. The Morgan fingerprint density at radius 1 is 1.27 bits per heavy atom. The third-order valence-corrected chi connectivity index (χ3v) is 2.19. The van der Waals surface area contributed by atoms with Crippen LogP contribution in [0.5, 0.6) is 0 Å². The summed E-state index contributed by atoms with van der Waals surface area (Å²) in [5, 5.41) is 18.4. The molecule has 2 heteroatoms. The van der Waals surface area contributed by atoms with E-state index in [1.165, 1.54) is 0 Å². The van der Waals surface area contributed by atoms with E-state index in [9.17, 15) is 5.11 Å². The molecule has 2 N–H and O–H groups in total. The van der Waals surface area contributed by atoms with Gasteiger partial charge in [0.1, 0.15) is 0 Å². The van der Waals surface area contributed by atoms with Crippen LogP contribution >= 0.6 is 0 Å². The minimum atomic E-state index is -0.324. The zero-order valence-corrected chi connectivity index (χ0v) is 7.96. The lowest BCUT2D eigenvalue weighted by Crippen LogP contribution is -2.34. The number of hydrogen-bond acceptors (Lipinski definition) is 2. The average molecular weight is 160 g/mol. The van der Waals surface area contributed by atoms with E-state index in [0.29, 0.717) is 6.42 Å². The third kappa shape index (κ3) is 3.21. The standard InChI is InChI=1S/C9H20O2/c1-7(2)8(11)9(3,4)5-6-10/h7-8,10-11H,5-6H2,1-4H3. The highest BCUT2D eigenvalue weighted by molar-refractivity contribution is 4.79. The lowest BCUT2D eigenvalue weighted by molar-refractivity contribution is -0.000957. The van der Waals surface area contributed by atoms with Crippen LogP contribution in [0.15, 0.2) is 0 Å². The first-order valence-corrected chi connectivity index (χ1v) is 4.20. The lowest BCUT2D eigenvalue weighted by Gasteiger charge is -2.32. The molecule has 0 bridgehead atoms. The largest absolute Gasteiger partial charge is 0.396 e. The molecule has 68 valence electrons. The van der Waals surface area contributed by atoms with Crippen LogP contribution in [-0.4, -0.2) is 22.9 Å². The van der Waals surface area contributed by atoms with E-state index in [4.69, 9.17) is 5.11 Å². The Bertz CT molecular complexity index is 108. The molecule has 0 heterocycles. The molecule has 0 saturated heterocycles. The summed E-state index contributed by atoms with van der Waals surface area (Å²) in [5.41, 5.74) is -0.164. The van der Waals surface area contributed by atoms with Crippen LogP contribution in [-0.2, 0) is 0 Å². The van der Waals surface area contributed by atoms with E-state index in [-0.39, 0.29) is 24.0 Å². The van der Waals surface area contributed by atoms with Gasteiger partial charge < -0.3 is 10.2 Å². The Labute approximate surface area is 69.2 Å². The van der Waals surface area contributed by atoms with Gasteiger partial charge in [-0.05, 0) is 17.8 Å². The maximum Gasteiger partial charge on any atom is 0.0614 e. The highest BCUT2D eigenvalue weighted by atomic mass is 16.3. The molecule has 1 atom stereocenters. The maximum atomic E-state index is 9.67. The zero-order valence-electron chi connectivity index (χ0n) is 7.96. The Morgan fingerprint density at radius 3 is 2.00 bits per heavy atom. The molecule has 11 heavy (non-hydrogen) atoms. The monoisotopic (exact) mass is 160 g/mol. The molecular formula is C9H20O2. The van der Waals surface area contributed by atoms with Gasteiger partial charge in [-0.1, -0.05) is 27.7 Å². The first-order chi connectivity index (χ1) is 4.91. The Hall–Kier alpha value is -0.0800. The number of aliphatic hydroxyl groups excluding tert-OH is 2. The van der Waals surface area contributed by atoms with E-state index >= 15 is 0 Å². The van der Waals surface area contributed by atoms with Crippen molar-refractivity contribution in [1.82, 2.24) is 0 Å². The van der Waals surface area contributed by atoms with Crippen LogP contribution in [0.4, 0.5) is 0 Å². The molecule has 0 aliphatic carbocycles. The van der Waals surface area contributed by atoms with E-state index in [1.54, 1.807) is 0 Å². The van der Waals surface area contributed by atoms with E-state index < -0.39 is 0 Å². The van der Waals surface area contributed by atoms with Crippen molar-refractivity contribution < 1.29 is 10.2 Å². The van der Waals surface area contributed by atoms with Crippen LogP contribution in [0.3, 0.4) is 0 Å². The quantitative estimate of drug-likeness (QED) is 0.653.